The first-order valence-electron chi connectivity index (χ1n) is 13.9. The predicted octanol–water partition coefficient (Wildman–Crippen LogP) is 3.74. The van der Waals surface area contributed by atoms with Crippen LogP contribution in [0, 0.1) is 0 Å². The molecule has 0 aliphatic carbocycles. The number of hydrogen-bond donors (Lipinski definition) is 2. The first-order chi connectivity index (χ1) is 20.9. The third kappa shape index (κ3) is 7.90. The van der Waals surface area contributed by atoms with Crippen molar-refractivity contribution in [1.29, 1.82) is 0 Å². The van der Waals surface area contributed by atoms with Crippen LogP contribution in [0.15, 0.2) is 60.0 Å². The van der Waals surface area contributed by atoms with E-state index in [1.165, 1.54) is 42.6 Å². The van der Waals surface area contributed by atoms with Crippen LogP contribution >= 0.6 is 11.3 Å². The normalized spacial score (nSPS) is 14.8. The van der Waals surface area contributed by atoms with E-state index in [0.717, 1.165) is 12.8 Å². The summed E-state index contributed by atoms with van der Waals surface area (Å²) in [5, 5.41) is 7.36. The lowest BCUT2D eigenvalue weighted by Crippen LogP contribution is -2.48. The molecule has 3 aromatic rings. The number of anilines is 1. The Bertz CT molecular complexity index is 1400. The van der Waals surface area contributed by atoms with E-state index in [2.05, 4.69) is 10.6 Å². The van der Waals surface area contributed by atoms with Crippen molar-refractivity contribution in [2.24, 2.45) is 0 Å². The number of nitrogens with zero attached hydrogens (tertiary/aromatic N) is 1. The molecule has 1 aromatic heterocycles. The summed E-state index contributed by atoms with van der Waals surface area (Å²) >= 11 is 1.25. The maximum Gasteiger partial charge on any atom is 0.338 e. The molecule has 0 unspecified atom stereocenters. The zero-order valence-corrected chi connectivity index (χ0v) is 25.1. The van der Waals surface area contributed by atoms with Crippen molar-refractivity contribution in [2.75, 3.05) is 45.4 Å². The summed E-state index contributed by atoms with van der Waals surface area (Å²) in [6, 6.07) is 13.3. The van der Waals surface area contributed by atoms with Crippen LogP contribution in [0.2, 0.25) is 0 Å². The Morgan fingerprint density at radius 3 is 2.42 bits per heavy atom. The van der Waals surface area contributed by atoms with Crippen LogP contribution in [0.5, 0.6) is 11.5 Å². The lowest BCUT2D eigenvalue weighted by molar-refractivity contribution is -0.126. The molecule has 43 heavy (non-hydrogen) atoms. The third-order valence-electron chi connectivity index (χ3n) is 6.83. The third-order valence-corrected chi connectivity index (χ3v) is 7.70. The molecule has 3 amide bonds. The highest BCUT2D eigenvalue weighted by Crippen LogP contribution is 2.34. The number of hydrogen-bond acceptors (Lipinski definition) is 9. The van der Waals surface area contributed by atoms with E-state index in [4.69, 9.17) is 18.9 Å². The van der Waals surface area contributed by atoms with Gasteiger partial charge in [0, 0.05) is 18.8 Å². The van der Waals surface area contributed by atoms with E-state index in [1.807, 2.05) is 0 Å². The highest BCUT2D eigenvalue weighted by Gasteiger charge is 2.34. The fourth-order valence-corrected chi connectivity index (χ4v) is 5.34. The molecule has 1 saturated heterocycles. The Balaban J connectivity index is 1.73. The van der Waals surface area contributed by atoms with Crippen LogP contribution in [-0.4, -0.2) is 70.3 Å². The van der Waals surface area contributed by atoms with Gasteiger partial charge in [-0.3, -0.25) is 19.3 Å². The Morgan fingerprint density at radius 2 is 1.79 bits per heavy atom. The summed E-state index contributed by atoms with van der Waals surface area (Å²) in [5.41, 5.74) is 1.06. The zero-order valence-electron chi connectivity index (χ0n) is 24.3. The first-order valence-corrected chi connectivity index (χ1v) is 14.8. The van der Waals surface area contributed by atoms with Gasteiger partial charge in [-0.05, 0) is 73.2 Å². The van der Waals surface area contributed by atoms with Gasteiger partial charge in [-0.1, -0.05) is 12.1 Å². The molecule has 11 nitrogen and oxygen atoms in total. The van der Waals surface area contributed by atoms with E-state index in [0.29, 0.717) is 34.2 Å². The molecule has 12 heteroatoms. The van der Waals surface area contributed by atoms with Crippen LogP contribution < -0.4 is 25.0 Å². The number of carbonyl (C=O) groups is 4. The molecule has 0 radical (unpaired) electrons. The summed E-state index contributed by atoms with van der Waals surface area (Å²) in [6.45, 7) is 2.42. The summed E-state index contributed by atoms with van der Waals surface area (Å²) in [5.74, 6) is -1.12. The van der Waals surface area contributed by atoms with Gasteiger partial charge in [-0.15, -0.1) is 11.3 Å². The monoisotopic (exact) mass is 609 g/mol. The lowest BCUT2D eigenvalue weighted by atomic mass is 10.0. The van der Waals surface area contributed by atoms with Gasteiger partial charge in [-0.25, -0.2) is 4.79 Å². The SMILES string of the molecule is CCOC(=O)c1ccc(N(C(=O)CNC(=O)c2cccs2)[C@H](C(=O)NC[C@H]2CCCO2)c2ccc(OC)c(OC)c2)cc1. The van der Waals surface area contributed by atoms with Crippen LogP contribution in [0.3, 0.4) is 0 Å². The topological polar surface area (TPSA) is 132 Å². The van der Waals surface area contributed by atoms with Gasteiger partial charge in [0.2, 0.25) is 11.8 Å². The van der Waals surface area contributed by atoms with Crippen LogP contribution in [0.1, 0.15) is 51.4 Å². The number of rotatable bonds is 13. The highest BCUT2D eigenvalue weighted by atomic mass is 32.1. The van der Waals surface area contributed by atoms with Gasteiger partial charge < -0.3 is 29.6 Å². The fraction of sp³-hybridized carbons (Fsp3) is 0.355. The molecule has 2 aromatic carbocycles. The molecule has 0 bridgehead atoms. The Kier molecular flexibility index (Phi) is 11.1. The minimum Gasteiger partial charge on any atom is -0.493 e. The van der Waals surface area contributed by atoms with E-state index in [-0.39, 0.29) is 31.4 Å². The molecule has 2 heterocycles. The molecule has 228 valence electrons. The first kappa shape index (κ1) is 31.5. The molecule has 1 fully saturated rings. The van der Waals surface area contributed by atoms with E-state index in [9.17, 15) is 19.2 Å². The zero-order chi connectivity index (χ0) is 30.8. The maximum atomic E-state index is 14.0. The number of methoxy groups -OCH3 is 2. The van der Waals surface area contributed by atoms with Gasteiger partial charge in [-0.2, -0.15) is 0 Å². The average Bonchev–Trinajstić information content (AvgIpc) is 3.76. The minimum absolute atomic E-state index is 0.131. The van der Waals surface area contributed by atoms with Gasteiger partial charge in [0.1, 0.15) is 6.04 Å². The van der Waals surface area contributed by atoms with E-state index >= 15 is 0 Å². The number of thiophene rings is 1. The lowest BCUT2D eigenvalue weighted by Gasteiger charge is -2.32. The highest BCUT2D eigenvalue weighted by molar-refractivity contribution is 7.12. The van der Waals surface area contributed by atoms with Crippen molar-refractivity contribution in [1.82, 2.24) is 10.6 Å². The predicted molar refractivity (Wildman–Crippen MR) is 161 cm³/mol. The summed E-state index contributed by atoms with van der Waals surface area (Å²) in [7, 11) is 2.98. The Morgan fingerprint density at radius 1 is 1.02 bits per heavy atom. The average molecular weight is 610 g/mol. The number of amides is 3. The quantitative estimate of drug-likeness (QED) is 0.280. The number of carbonyl (C=O) groups excluding carboxylic acids is 4. The standard InChI is InChI=1S/C31H35N3O8S/c1-4-41-31(38)20-9-12-22(13-10-20)34(27(35)19-33-29(36)26-8-6-16-43-26)28(30(37)32-18-23-7-5-15-42-23)21-11-14-24(39-2)25(17-21)40-3/h6,8-14,16-17,23,28H,4-5,7,15,18-19H2,1-3H3,(H,32,37)(H,33,36)/t23-,28+/m1/s1. The molecule has 2 N–H and O–H groups in total. The van der Waals surface area contributed by atoms with Crippen molar-refractivity contribution >= 4 is 40.7 Å². The number of benzene rings is 2. The van der Waals surface area contributed by atoms with Crippen molar-refractivity contribution in [3.8, 4) is 11.5 Å². The van der Waals surface area contributed by atoms with Gasteiger partial charge in [0.15, 0.2) is 11.5 Å². The molecule has 0 spiro atoms. The van der Waals surface area contributed by atoms with Crippen molar-refractivity contribution < 1.29 is 38.1 Å². The van der Waals surface area contributed by atoms with E-state index in [1.54, 1.807) is 54.8 Å². The molecular formula is C31H35N3O8S. The smallest absolute Gasteiger partial charge is 0.338 e. The Hall–Kier alpha value is -4.42. The van der Waals surface area contributed by atoms with E-state index < -0.39 is 29.7 Å². The second-order valence-corrected chi connectivity index (χ2v) is 10.5. The number of esters is 1. The van der Waals surface area contributed by atoms with Crippen molar-refractivity contribution in [2.45, 2.75) is 31.9 Å². The van der Waals surface area contributed by atoms with Gasteiger partial charge in [0.05, 0.1) is 43.9 Å². The van der Waals surface area contributed by atoms with Crippen LogP contribution in [0.25, 0.3) is 0 Å². The molecular weight excluding hydrogens is 574 g/mol. The summed E-state index contributed by atoms with van der Waals surface area (Å²) in [6.07, 6.45) is 1.59. The maximum absolute atomic E-state index is 14.0. The number of nitrogens with one attached hydrogen (secondary N) is 2. The Labute approximate surface area is 254 Å². The summed E-state index contributed by atoms with van der Waals surface area (Å²) < 4.78 is 21.6. The van der Waals surface area contributed by atoms with Gasteiger partial charge in [0.25, 0.3) is 5.91 Å². The molecule has 2 atom stereocenters. The minimum atomic E-state index is -1.18. The molecule has 1 aliphatic heterocycles. The molecule has 1 aliphatic rings. The van der Waals surface area contributed by atoms with Gasteiger partial charge >= 0.3 is 5.97 Å². The van der Waals surface area contributed by atoms with Crippen LogP contribution in [0.4, 0.5) is 5.69 Å². The number of ether oxygens (including phenoxy) is 4. The largest absolute Gasteiger partial charge is 0.493 e. The molecule has 0 saturated carbocycles. The second kappa shape index (κ2) is 15.2. The van der Waals surface area contributed by atoms with Crippen LogP contribution in [-0.2, 0) is 19.1 Å². The summed E-state index contributed by atoms with van der Waals surface area (Å²) in [4.78, 5) is 54.7. The second-order valence-electron chi connectivity index (χ2n) is 9.59. The molecule has 4 rings (SSSR count). The van der Waals surface area contributed by atoms with Crippen molar-refractivity contribution in [3.05, 3.63) is 76.0 Å². The van der Waals surface area contributed by atoms with Crippen molar-refractivity contribution in [3.63, 3.8) is 0 Å². The fourth-order valence-electron chi connectivity index (χ4n) is 4.70.